The van der Waals surface area contributed by atoms with Crippen molar-refractivity contribution in [3.8, 4) is 0 Å². The molecule has 0 saturated heterocycles. The number of carbonyl (C=O) groups excluding carboxylic acids is 1. The largest absolute Gasteiger partial charge is 0.339 e. The molecule has 0 radical (unpaired) electrons. The number of aromatic nitrogens is 3. The number of nitrogens with zero attached hydrogens (tertiary/aromatic N) is 4. The molecule has 2 aromatic heterocycles. The van der Waals surface area contributed by atoms with E-state index in [1.165, 1.54) is 0 Å². The maximum Gasteiger partial charge on any atom is 0.317 e. The normalized spacial score (nSPS) is 14.4. The molecule has 7 nitrogen and oxygen atoms in total. The van der Waals surface area contributed by atoms with Gasteiger partial charge in [-0.15, -0.1) is 0 Å². The van der Waals surface area contributed by atoms with Gasteiger partial charge in [0.2, 0.25) is 5.89 Å². The van der Waals surface area contributed by atoms with Crippen molar-refractivity contribution in [2.24, 2.45) is 5.92 Å². The van der Waals surface area contributed by atoms with Crippen molar-refractivity contribution in [2.45, 2.75) is 31.7 Å². The molecule has 1 saturated carbocycles. The smallest absolute Gasteiger partial charge is 0.317 e. The van der Waals surface area contributed by atoms with Crippen LogP contribution in [0.4, 0.5) is 4.79 Å². The van der Waals surface area contributed by atoms with E-state index in [2.05, 4.69) is 20.4 Å². The maximum absolute atomic E-state index is 12.6. The first-order valence-electron chi connectivity index (χ1n) is 9.97. The molecule has 150 valence electrons. The average Bonchev–Trinajstić information content (AvgIpc) is 3.48. The lowest BCUT2D eigenvalue weighted by Crippen LogP contribution is -2.41. The fourth-order valence-corrected chi connectivity index (χ4v) is 3.49. The van der Waals surface area contributed by atoms with Crippen LogP contribution >= 0.6 is 0 Å². The second-order valence-electron chi connectivity index (χ2n) is 7.40. The lowest BCUT2D eigenvalue weighted by molar-refractivity contribution is 0.181. The molecule has 1 aliphatic rings. The van der Waals surface area contributed by atoms with Gasteiger partial charge in [0.25, 0.3) is 0 Å². The minimum Gasteiger partial charge on any atom is -0.339 e. The van der Waals surface area contributed by atoms with Crippen LogP contribution in [-0.2, 0) is 12.8 Å². The van der Waals surface area contributed by atoms with E-state index in [0.29, 0.717) is 37.0 Å². The van der Waals surface area contributed by atoms with Gasteiger partial charge in [-0.2, -0.15) is 4.98 Å². The Morgan fingerprint density at radius 3 is 2.72 bits per heavy atom. The molecule has 1 aliphatic carbocycles. The molecule has 1 aromatic carbocycles. The zero-order valence-corrected chi connectivity index (χ0v) is 16.5. The second kappa shape index (κ2) is 8.86. The molecule has 1 fully saturated rings. The van der Waals surface area contributed by atoms with Crippen molar-refractivity contribution >= 4 is 6.03 Å². The molecular weight excluding hydrogens is 366 g/mol. The van der Waals surface area contributed by atoms with Crippen molar-refractivity contribution in [3.05, 3.63) is 77.7 Å². The van der Waals surface area contributed by atoms with Gasteiger partial charge in [-0.1, -0.05) is 41.6 Å². The third kappa shape index (κ3) is 4.99. The lowest BCUT2D eigenvalue weighted by Gasteiger charge is -2.28. The molecule has 1 atom stereocenters. The predicted octanol–water partition coefficient (Wildman–Crippen LogP) is 3.39. The predicted molar refractivity (Wildman–Crippen MR) is 108 cm³/mol. The highest BCUT2D eigenvalue weighted by Crippen LogP contribution is 2.43. The number of rotatable bonds is 8. The van der Waals surface area contributed by atoms with Crippen molar-refractivity contribution in [1.29, 1.82) is 0 Å². The van der Waals surface area contributed by atoms with Crippen LogP contribution in [0, 0.1) is 5.92 Å². The zero-order chi connectivity index (χ0) is 20.1. The highest BCUT2D eigenvalue weighted by molar-refractivity contribution is 5.74. The van der Waals surface area contributed by atoms with Crippen LogP contribution in [-0.4, -0.2) is 39.6 Å². The van der Waals surface area contributed by atoms with Crippen molar-refractivity contribution in [2.75, 3.05) is 13.6 Å². The third-order valence-electron chi connectivity index (χ3n) is 5.13. The average molecular weight is 391 g/mol. The summed E-state index contributed by atoms with van der Waals surface area (Å²) in [6.45, 7) is 0.440. The first-order valence-corrected chi connectivity index (χ1v) is 9.97. The van der Waals surface area contributed by atoms with Crippen LogP contribution in [0.15, 0.2) is 59.3 Å². The topological polar surface area (TPSA) is 84.2 Å². The Labute approximate surface area is 170 Å². The second-order valence-corrected chi connectivity index (χ2v) is 7.40. The summed E-state index contributed by atoms with van der Waals surface area (Å²) in [6, 6.07) is 15.8. The highest BCUT2D eigenvalue weighted by Gasteiger charge is 2.37. The number of pyridine rings is 1. The zero-order valence-electron chi connectivity index (χ0n) is 16.5. The van der Waals surface area contributed by atoms with Gasteiger partial charge in [-0.25, -0.2) is 4.79 Å². The number of hydrogen-bond donors (Lipinski definition) is 1. The molecule has 0 aliphatic heterocycles. The van der Waals surface area contributed by atoms with E-state index in [0.717, 1.165) is 24.1 Å². The van der Waals surface area contributed by atoms with Gasteiger partial charge in [0.05, 0.1) is 11.7 Å². The third-order valence-corrected chi connectivity index (χ3v) is 5.13. The summed E-state index contributed by atoms with van der Waals surface area (Å²) in [5, 5.41) is 6.98. The van der Waals surface area contributed by atoms with Crippen LogP contribution in [0.3, 0.4) is 0 Å². The van der Waals surface area contributed by atoms with Gasteiger partial charge < -0.3 is 14.7 Å². The Kier molecular flexibility index (Phi) is 5.84. The van der Waals surface area contributed by atoms with Crippen LogP contribution in [0.2, 0.25) is 0 Å². The Bertz CT molecular complexity index is 925. The molecular formula is C22H25N5O2. The SMILES string of the molecule is CN(C(=O)NCCc1nc(Cc2ccccc2)no1)C(c1ccccn1)C1CC1. The number of amides is 2. The number of carbonyl (C=O) groups is 1. The number of hydrogen-bond acceptors (Lipinski definition) is 5. The van der Waals surface area contributed by atoms with Gasteiger partial charge in [0.1, 0.15) is 0 Å². The van der Waals surface area contributed by atoms with E-state index in [9.17, 15) is 4.79 Å². The first-order chi connectivity index (χ1) is 14.2. The highest BCUT2D eigenvalue weighted by atomic mass is 16.5. The van der Waals surface area contributed by atoms with Crippen LogP contribution < -0.4 is 5.32 Å². The molecule has 3 aromatic rings. The summed E-state index contributed by atoms with van der Waals surface area (Å²) >= 11 is 0. The molecule has 2 amide bonds. The van der Waals surface area contributed by atoms with Crippen molar-refractivity contribution in [1.82, 2.24) is 25.3 Å². The van der Waals surface area contributed by atoms with E-state index in [4.69, 9.17) is 4.52 Å². The summed E-state index contributed by atoms with van der Waals surface area (Å²) in [7, 11) is 1.83. The Morgan fingerprint density at radius 2 is 2.00 bits per heavy atom. The Hall–Kier alpha value is -3.22. The quantitative estimate of drug-likeness (QED) is 0.636. The molecule has 0 spiro atoms. The van der Waals surface area contributed by atoms with Gasteiger partial charge >= 0.3 is 6.03 Å². The number of urea groups is 1. The summed E-state index contributed by atoms with van der Waals surface area (Å²) in [4.78, 5) is 23.3. The van der Waals surface area contributed by atoms with Crippen LogP contribution in [0.5, 0.6) is 0 Å². The van der Waals surface area contributed by atoms with Crippen LogP contribution in [0.1, 0.15) is 41.9 Å². The first kappa shape index (κ1) is 19.1. The summed E-state index contributed by atoms with van der Waals surface area (Å²) in [5.41, 5.74) is 2.07. The molecule has 29 heavy (non-hydrogen) atoms. The van der Waals surface area contributed by atoms with Gasteiger partial charge in [0.15, 0.2) is 5.82 Å². The van der Waals surface area contributed by atoms with E-state index >= 15 is 0 Å². The molecule has 4 rings (SSSR count). The maximum atomic E-state index is 12.6. The summed E-state index contributed by atoms with van der Waals surface area (Å²) in [5.74, 6) is 1.66. The van der Waals surface area contributed by atoms with E-state index in [-0.39, 0.29) is 12.1 Å². The number of nitrogens with one attached hydrogen (secondary N) is 1. The molecule has 1 N–H and O–H groups in total. The van der Waals surface area contributed by atoms with Crippen molar-refractivity contribution < 1.29 is 9.32 Å². The fourth-order valence-electron chi connectivity index (χ4n) is 3.49. The number of benzene rings is 1. The molecule has 2 heterocycles. The lowest BCUT2D eigenvalue weighted by atomic mass is 10.1. The molecule has 1 unspecified atom stereocenters. The van der Waals surface area contributed by atoms with E-state index in [1.807, 2.05) is 55.6 Å². The van der Waals surface area contributed by atoms with Gasteiger partial charge in [0, 0.05) is 32.6 Å². The van der Waals surface area contributed by atoms with E-state index < -0.39 is 0 Å². The van der Waals surface area contributed by atoms with Gasteiger partial charge in [-0.3, -0.25) is 4.98 Å². The van der Waals surface area contributed by atoms with Crippen molar-refractivity contribution in [3.63, 3.8) is 0 Å². The monoisotopic (exact) mass is 391 g/mol. The van der Waals surface area contributed by atoms with E-state index in [1.54, 1.807) is 11.1 Å². The molecule has 7 heteroatoms. The summed E-state index contributed by atoms with van der Waals surface area (Å²) < 4.78 is 5.31. The Balaban J connectivity index is 1.28. The standard InChI is InChI=1S/C22H25N5O2/c1-27(21(17-10-11-17)18-9-5-6-13-23-18)22(28)24-14-12-20-25-19(26-29-20)15-16-7-3-2-4-8-16/h2-9,13,17,21H,10-12,14-15H2,1H3,(H,24,28). The summed E-state index contributed by atoms with van der Waals surface area (Å²) in [6.07, 6.45) is 5.17. The minimum atomic E-state index is -0.114. The fraction of sp³-hybridized carbons (Fsp3) is 0.364. The van der Waals surface area contributed by atoms with Gasteiger partial charge in [-0.05, 0) is 36.5 Å². The van der Waals surface area contributed by atoms with Crippen LogP contribution in [0.25, 0.3) is 0 Å². The minimum absolute atomic E-state index is 0.0112. The molecule has 0 bridgehead atoms. The Morgan fingerprint density at radius 1 is 1.21 bits per heavy atom.